The maximum Gasteiger partial charge on any atom is 0.331 e. The van der Waals surface area contributed by atoms with E-state index in [9.17, 15) is 4.79 Å². The molecule has 0 atom stereocenters. The molecule has 1 rings (SSSR count). The van der Waals surface area contributed by atoms with E-state index >= 15 is 0 Å². The number of hydrogen-bond donors (Lipinski definition) is 1. The van der Waals surface area contributed by atoms with Crippen LogP contribution in [0.5, 0.6) is 0 Å². The average molecular weight is 202 g/mol. The lowest BCUT2D eigenvalue weighted by Crippen LogP contribution is -1.96. The van der Waals surface area contributed by atoms with Gasteiger partial charge in [-0.15, -0.1) is 0 Å². The van der Waals surface area contributed by atoms with Crippen molar-refractivity contribution < 1.29 is 9.53 Å². The number of methoxy groups -OCH3 is 1. The molecule has 0 bridgehead atoms. The molecule has 0 saturated heterocycles. The summed E-state index contributed by atoms with van der Waals surface area (Å²) in [5.74, 6) is -0.420. The minimum atomic E-state index is -0.420. The van der Waals surface area contributed by atoms with Gasteiger partial charge in [-0.05, 0) is 24.3 Å². The smallest absolute Gasteiger partial charge is 0.331 e. The van der Waals surface area contributed by atoms with Crippen molar-refractivity contribution in [1.82, 2.24) is 0 Å². The van der Waals surface area contributed by atoms with E-state index in [1.165, 1.54) is 19.4 Å². The summed E-state index contributed by atoms with van der Waals surface area (Å²) in [4.78, 5) is 10.7. The second-order valence-corrected chi connectivity index (χ2v) is 2.69. The standard InChI is InChI=1S/C11H10N2O2/c1-15-11(14)6-7-13-10-4-2-9(8-12)3-5-10/h2-7,13H,1H3/b7-6-. The van der Waals surface area contributed by atoms with E-state index in [-0.39, 0.29) is 0 Å². The molecule has 15 heavy (non-hydrogen) atoms. The number of nitriles is 1. The van der Waals surface area contributed by atoms with Crippen molar-refractivity contribution in [3.05, 3.63) is 42.1 Å². The summed E-state index contributed by atoms with van der Waals surface area (Å²) in [6.07, 6.45) is 2.76. The summed E-state index contributed by atoms with van der Waals surface area (Å²) in [7, 11) is 1.31. The molecular weight excluding hydrogens is 192 g/mol. The molecule has 0 radical (unpaired) electrons. The predicted octanol–water partition coefficient (Wildman–Crippen LogP) is 1.66. The summed E-state index contributed by atoms with van der Waals surface area (Å²) in [6, 6.07) is 8.90. The maximum atomic E-state index is 10.7. The predicted molar refractivity (Wildman–Crippen MR) is 55.9 cm³/mol. The van der Waals surface area contributed by atoms with Gasteiger partial charge in [0.15, 0.2) is 0 Å². The zero-order valence-corrected chi connectivity index (χ0v) is 8.23. The number of benzene rings is 1. The van der Waals surface area contributed by atoms with Gasteiger partial charge >= 0.3 is 5.97 Å². The first-order chi connectivity index (χ1) is 7.26. The monoisotopic (exact) mass is 202 g/mol. The fraction of sp³-hybridized carbons (Fsp3) is 0.0909. The van der Waals surface area contributed by atoms with Crippen LogP contribution in [-0.2, 0) is 9.53 Å². The Bertz CT molecular complexity index is 402. The van der Waals surface area contributed by atoms with Crippen LogP contribution in [0.1, 0.15) is 5.56 Å². The van der Waals surface area contributed by atoms with E-state index in [0.29, 0.717) is 5.56 Å². The molecule has 0 amide bonds. The van der Waals surface area contributed by atoms with Gasteiger partial charge in [0.1, 0.15) is 0 Å². The van der Waals surface area contributed by atoms with Crippen molar-refractivity contribution in [3.63, 3.8) is 0 Å². The molecule has 76 valence electrons. The van der Waals surface area contributed by atoms with Gasteiger partial charge in [0.25, 0.3) is 0 Å². The largest absolute Gasteiger partial charge is 0.466 e. The molecule has 0 aliphatic rings. The zero-order valence-electron chi connectivity index (χ0n) is 8.23. The van der Waals surface area contributed by atoms with Gasteiger partial charge in [-0.2, -0.15) is 5.26 Å². The first-order valence-corrected chi connectivity index (χ1v) is 4.27. The van der Waals surface area contributed by atoms with Gasteiger partial charge < -0.3 is 10.1 Å². The van der Waals surface area contributed by atoms with E-state index in [4.69, 9.17) is 5.26 Å². The van der Waals surface area contributed by atoms with Gasteiger partial charge in [-0.3, -0.25) is 0 Å². The lowest BCUT2D eigenvalue weighted by molar-refractivity contribution is -0.134. The van der Waals surface area contributed by atoms with Gasteiger partial charge in [0, 0.05) is 18.0 Å². The number of hydrogen-bond acceptors (Lipinski definition) is 4. The van der Waals surface area contributed by atoms with Crippen molar-refractivity contribution in [3.8, 4) is 6.07 Å². The van der Waals surface area contributed by atoms with Gasteiger partial charge in [-0.1, -0.05) is 0 Å². The van der Waals surface area contributed by atoms with Crippen LogP contribution in [0.3, 0.4) is 0 Å². The van der Waals surface area contributed by atoms with E-state index < -0.39 is 5.97 Å². The Morgan fingerprint density at radius 1 is 1.47 bits per heavy atom. The molecule has 0 aliphatic heterocycles. The number of nitrogens with one attached hydrogen (secondary N) is 1. The molecular formula is C11H10N2O2. The molecule has 1 aromatic rings. The normalized spacial score (nSPS) is 9.60. The van der Waals surface area contributed by atoms with E-state index in [1.807, 2.05) is 6.07 Å². The molecule has 4 heteroatoms. The van der Waals surface area contributed by atoms with Crippen molar-refractivity contribution in [1.29, 1.82) is 5.26 Å². The molecule has 0 saturated carbocycles. The number of carbonyl (C=O) groups is 1. The first kappa shape index (κ1) is 10.8. The number of rotatable bonds is 3. The summed E-state index contributed by atoms with van der Waals surface area (Å²) in [5.41, 5.74) is 1.40. The van der Waals surface area contributed by atoms with E-state index in [2.05, 4.69) is 10.1 Å². The molecule has 0 spiro atoms. The molecule has 1 aromatic carbocycles. The Kier molecular flexibility index (Phi) is 3.92. The molecule has 0 fully saturated rings. The Morgan fingerprint density at radius 2 is 2.13 bits per heavy atom. The van der Waals surface area contributed by atoms with Crippen LogP contribution in [0, 0.1) is 11.3 Å². The summed E-state index contributed by atoms with van der Waals surface area (Å²) >= 11 is 0. The molecule has 1 N–H and O–H groups in total. The van der Waals surface area contributed by atoms with E-state index in [1.54, 1.807) is 24.3 Å². The van der Waals surface area contributed by atoms with Crippen molar-refractivity contribution in [2.24, 2.45) is 0 Å². The average Bonchev–Trinajstić information content (AvgIpc) is 2.29. The lowest BCUT2D eigenvalue weighted by Gasteiger charge is -1.99. The van der Waals surface area contributed by atoms with Crippen molar-refractivity contribution >= 4 is 11.7 Å². The maximum absolute atomic E-state index is 10.7. The highest BCUT2D eigenvalue weighted by molar-refractivity contribution is 5.82. The third kappa shape index (κ3) is 3.53. The second-order valence-electron chi connectivity index (χ2n) is 2.69. The number of nitrogens with zero attached hydrogens (tertiary/aromatic N) is 1. The van der Waals surface area contributed by atoms with Crippen LogP contribution < -0.4 is 5.32 Å². The Morgan fingerprint density at radius 3 is 2.67 bits per heavy atom. The van der Waals surface area contributed by atoms with Gasteiger partial charge in [-0.25, -0.2) is 4.79 Å². The van der Waals surface area contributed by atoms with Crippen molar-refractivity contribution in [2.45, 2.75) is 0 Å². The fourth-order valence-corrected chi connectivity index (χ4v) is 0.915. The third-order valence-corrected chi connectivity index (χ3v) is 1.68. The number of ether oxygens (including phenoxy) is 1. The molecule has 0 unspecified atom stereocenters. The van der Waals surface area contributed by atoms with Crippen LogP contribution in [0.25, 0.3) is 0 Å². The molecule has 0 heterocycles. The molecule has 0 aromatic heterocycles. The lowest BCUT2D eigenvalue weighted by atomic mass is 10.2. The van der Waals surface area contributed by atoms with Crippen LogP contribution in [0.2, 0.25) is 0 Å². The second kappa shape index (κ2) is 5.45. The van der Waals surface area contributed by atoms with E-state index in [0.717, 1.165) is 5.69 Å². The zero-order chi connectivity index (χ0) is 11.1. The number of anilines is 1. The van der Waals surface area contributed by atoms with Crippen LogP contribution in [-0.4, -0.2) is 13.1 Å². The quantitative estimate of drug-likeness (QED) is 0.598. The Hall–Kier alpha value is -2.28. The fourth-order valence-electron chi connectivity index (χ4n) is 0.915. The SMILES string of the molecule is COC(=O)/C=C\Nc1ccc(C#N)cc1. The Labute approximate surface area is 87.8 Å². The molecule has 0 aliphatic carbocycles. The van der Waals surface area contributed by atoms with Gasteiger partial charge in [0.2, 0.25) is 0 Å². The number of esters is 1. The Balaban J connectivity index is 2.55. The van der Waals surface area contributed by atoms with Gasteiger partial charge in [0.05, 0.1) is 18.7 Å². The topological polar surface area (TPSA) is 62.1 Å². The highest BCUT2D eigenvalue weighted by Gasteiger charge is 1.92. The third-order valence-electron chi connectivity index (χ3n) is 1.68. The number of carbonyl (C=O) groups excluding carboxylic acids is 1. The van der Waals surface area contributed by atoms with Crippen LogP contribution in [0.4, 0.5) is 5.69 Å². The minimum absolute atomic E-state index is 0.420. The van der Waals surface area contributed by atoms with Crippen LogP contribution in [0.15, 0.2) is 36.5 Å². The van der Waals surface area contributed by atoms with Crippen LogP contribution >= 0.6 is 0 Å². The van der Waals surface area contributed by atoms with Crippen molar-refractivity contribution in [2.75, 3.05) is 12.4 Å². The summed E-state index contributed by atoms with van der Waals surface area (Å²) in [5, 5.41) is 11.4. The highest BCUT2D eigenvalue weighted by atomic mass is 16.5. The highest BCUT2D eigenvalue weighted by Crippen LogP contribution is 2.08. The summed E-state index contributed by atoms with van der Waals surface area (Å²) < 4.78 is 4.42. The first-order valence-electron chi connectivity index (χ1n) is 4.27. The molecule has 4 nitrogen and oxygen atoms in total. The summed E-state index contributed by atoms with van der Waals surface area (Å²) in [6.45, 7) is 0. The minimum Gasteiger partial charge on any atom is -0.466 e.